The molecule has 2 bridgehead atoms. The number of fused-ring (bicyclic) bond motifs is 2. The summed E-state index contributed by atoms with van der Waals surface area (Å²) in [6, 6.07) is 3.16. The molecule has 3 aliphatic carbocycles. The topological polar surface area (TPSA) is 55.8 Å². The molecule has 1 aromatic carbocycles. The Morgan fingerprint density at radius 2 is 1.37 bits per heavy atom. The van der Waals surface area contributed by atoms with Crippen LogP contribution in [0, 0.1) is 23.7 Å². The van der Waals surface area contributed by atoms with Crippen molar-refractivity contribution < 1.29 is 36.6 Å². The molecule has 4 atom stereocenters. The normalized spacial score (nSPS) is 34.7. The summed E-state index contributed by atoms with van der Waals surface area (Å²) >= 11 is 0. The highest BCUT2D eigenvalue weighted by atomic mass is 19.3. The molecule has 5 nitrogen and oxygen atoms in total. The zero-order valence-corrected chi connectivity index (χ0v) is 13.7. The lowest BCUT2D eigenvalue weighted by molar-refractivity contribution is -0.391. The highest BCUT2D eigenvalue weighted by Crippen LogP contribution is 2.52. The summed E-state index contributed by atoms with van der Waals surface area (Å²) in [6.07, 6.45) is -4.14. The molecule has 0 N–H and O–H groups in total. The maximum atomic E-state index is 13.4. The van der Waals surface area contributed by atoms with Crippen molar-refractivity contribution in [3.8, 4) is 11.5 Å². The molecule has 1 saturated heterocycles. The number of benzene rings is 1. The van der Waals surface area contributed by atoms with Gasteiger partial charge in [0.2, 0.25) is 11.8 Å². The molecule has 1 aromatic rings. The average Bonchev–Trinajstić information content (AvgIpc) is 2.89. The highest BCUT2D eigenvalue weighted by molar-refractivity contribution is 6.22. The fourth-order valence-corrected chi connectivity index (χ4v) is 4.52. The zero-order valence-electron chi connectivity index (χ0n) is 13.7. The molecule has 1 saturated carbocycles. The van der Waals surface area contributed by atoms with Gasteiger partial charge in [-0.2, -0.15) is 17.6 Å². The number of carbonyl (C=O) groups excluding carboxylic acids is 2. The minimum Gasteiger partial charge on any atom is -0.421 e. The van der Waals surface area contributed by atoms with E-state index in [-0.39, 0.29) is 17.5 Å². The number of rotatable bonds is 1. The Bertz CT molecular complexity index is 867. The standard InChI is InChI=1S/C18H13F4NO4/c19-17(20)18(21,22)27-12-7-10(5-6-11(12)26-17)23-15(24)13-8-1-2-9(4-3-8)14(13)16(23)25/h1-2,5-9,13-14H,3-4H2. The van der Waals surface area contributed by atoms with E-state index >= 15 is 0 Å². The van der Waals surface area contributed by atoms with Crippen LogP contribution in [0.5, 0.6) is 11.5 Å². The Balaban J connectivity index is 1.52. The van der Waals surface area contributed by atoms with E-state index in [4.69, 9.17) is 0 Å². The van der Waals surface area contributed by atoms with Crippen molar-refractivity contribution >= 4 is 17.5 Å². The molecule has 142 valence electrons. The fourth-order valence-electron chi connectivity index (χ4n) is 4.52. The number of alkyl halides is 4. The first-order valence-corrected chi connectivity index (χ1v) is 8.53. The Morgan fingerprint density at radius 1 is 0.852 bits per heavy atom. The van der Waals surface area contributed by atoms with Gasteiger partial charge in [-0.15, -0.1) is 0 Å². The number of hydrogen-bond donors (Lipinski definition) is 0. The number of allylic oxidation sites excluding steroid dienone is 2. The van der Waals surface area contributed by atoms with Crippen LogP contribution in [-0.2, 0) is 9.59 Å². The highest BCUT2D eigenvalue weighted by Gasteiger charge is 2.66. The lowest BCUT2D eigenvalue weighted by Gasteiger charge is -2.38. The molecule has 0 radical (unpaired) electrons. The predicted molar refractivity (Wildman–Crippen MR) is 82.4 cm³/mol. The van der Waals surface area contributed by atoms with E-state index in [9.17, 15) is 27.2 Å². The molecule has 2 heterocycles. The quantitative estimate of drug-likeness (QED) is 0.424. The fraction of sp³-hybridized carbons (Fsp3) is 0.444. The lowest BCUT2D eigenvalue weighted by Crippen LogP contribution is -2.52. The SMILES string of the molecule is O=C1C2C3C=CC(CC3)C2C(=O)N1c1ccc2c(c1)OC(F)(F)C(F)(F)O2. The molecule has 0 aromatic heterocycles. The molecule has 27 heavy (non-hydrogen) atoms. The van der Waals surface area contributed by atoms with Crippen molar-refractivity contribution in [1.29, 1.82) is 0 Å². The van der Waals surface area contributed by atoms with Crippen molar-refractivity contribution in [3.05, 3.63) is 30.4 Å². The molecule has 4 unspecified atom stereocenters. The van der Waals surface area contributed by atoms with Crippen LogP contribution < -0.4 is 14.4 Å². The summed E-state index contributed by atoms with van der Waals surface area (Å²) < 4.78 is 61.5. The van der Waals surface area contributed by atoms with Crippen molar-refractivity contribution in [3.63, 3.8) is 0 Å². The van der Waals surface area contributed by atoms with Crippen molar-refractivity contribution in [2.75, 3.05) is 4.90 Å². The molecule has 5 aliphatic rings. The van der Waals surface area contributed by atoms with E-state index in [1.54, 1.807) is 0 Å². The van der Waals surface area contributed by atoms with Crippen LogP contribution in [0.15, 0.2) is 30.4 Å². The van der Waals surface area contributed by atoms with Gasteiger partial charge in [0.25, 0.3) is 0 Å². The van der Waals surface area contributed by atoms with Gasteiger partial charge in [0.1, 0.15) is 0 Å². The van der Waals surface area contributed by atoms with Crippen LogP contribution in [0.1, 0.15) is 12.8 Å². The van der Waals surface area contributed by atoms with Gasteiger partial charge in [-0.05, 0) is 36.8 Å². The third-order valence-corrected chi connectivity index (χ3v) is 5.76. The summed E-state index contributed by atoms with van der Waals surface area (Å²) in [5, 5.41) is 0. The van der Waals surface area contributed by atoms with Gasteiger partial charge in [-0.25, -0.2) is 4.90 Å². The molecule has 2 fully saturated rings. The maximum absolute atomic E-state index is 13.4. The largest absolute Gasteiger partial charge is 0.507 e. The van der Waals surface area contributed by atoms with Gasteiger partial charge in [-0.1, -0.05) is 12.2 Å². The zero-order chi connectivity index (χ0) is 19.1. The van der Waals surface area contributed by atoms with Gasteiger partial charge >= 0.3 is 12.2 Å². The first-order valence-electron chi connectivity index (χ1n) is 8.53. The minimum absolute atomic E-state index is 0.00201. The number of amides is 2. The second-order valence-corrected chi connectivity index (χ2v) is 7.22. The molecule has 2 amide bonds. The van der Waals surface area contributed by atoms with Crippen LogP contribution in [0.2, 0.25) is 0 Å². The summed E-state index contributed by atoms with van der Waals surface area (Å²) in [5.74, 6) is -3.05. The lowest BCUT2D eigenvalue weighted by atomic mass is 9.63. The van der Waals surface area contributed by atoms with Gasteiger partial charge in [0.15, 0.2) is 11.5 Å². The number of nitrogens with zero attached hydrogens (tertiary/aromatic N) is 1. The van der Waals surface area contributed by atoms with Crippen LogP contribution in [-0.4, -0.2) is 24.0 Å². The van der Waals surface area contributed by atoms with E-state index in [1.165, 1.54) is 6.07 Å². The van der Waals surface area contributed by atoms with Crippen LogP contribution in [0.3, 0.4) is 0 Å². The summed E-state index contributed by atoms with van der Waals surface area (Å²) in [4.78, 5) is 26.7. The van der Waals surface area contributed by atoms with Crippen molar-refractivity contribution in [2.45, 2.75) is 25.1 Å². The number of imide groups is 1. The molecule has 6 rings (SSSR count). The Kier molecular flexibility index (Phi) is 3.08. The first kappa shape index (κ1) is 16.6. The van der Waals surface area contributed by atoms with E-state index in [2.05, 4.69) is 9.47 Å². The smallest absolute Gasteiger partial charge is 0.421 e. The van der Waals surface area contributed by atoms with Gasteiger partial charge in [0, 0.05) is 6.07 Å². The maximum Gasteiger partial charge on any atom is 0.507 e. The molecule has 2 aliphatic heterocycles. The average molecular weight is 383 g/mol. The number of hydrogen-bond acceptors (Lipinski definition) is 4. The monoisotopic (exact) mass is 383 g/mol. The first-order chi connectivity index (χ1) is 12.7. The second kappa shape index (κ2) is 5.02. The number of carbonyl (C=O) groups is 2. The van der Waals surface area contributed by atoms with Gasteiger partial charge < -0.3 is 9.47 Å². The van der Waals surface area contributed by atoms with Gasteiger partial charge in [-0.3, -0.25) is 9.59 Å². The van der Waals surface area contributed by atoms with Crippen molar-refractivity contribution in [2.24, 2.45) is 23.7 Å². The van der Waals surface area contributed by atoms with Crippen LogP contribution in [0.4, 0.5) is 23.2 Å². The van der Waals surface area contributed by atoms with E-state index < -0.39 is 47.4 Å². The summed E-state index contributed by atoms with van der Waals surface area (Å²) in [7, 11) is 0. The van der Waals surface area contributed by atoms with E-state index in [0.717, 1.165) is 29.9 Å². The second-order valence-electron chi connectivity index (χ2n) is 7.22. The third-order valence-electron chi connectivity index (χ3n) is 5.76. The number of halogens is 4. The van der Waals surface area contributed by atoms with Crippen LogP contribution >= 0.6 is 0 Å². The Labute approximate surface area is 150 Å². The van der Waals surface area contributed by atoms with E-state index in [0.29, 0.717) is 0 Å². The van der Waals surface area contributed by atoms with Gasteiger partial charge in [0.05, 0.1) is 17.5 Å². The molecule has 0 spiro atoms. The Hall–Kier alpha value is -2.58. The third kappa shape index (κ3) is 2.11. The predicted octanol–water partition coefficient (Wildman–Crippen LogP) is 3.35. The summed E-state index contributed by atoms with van der Waals surface area (Å²) in [5.41, 5.74) is 0.00201. The molecule has 9 heteroatoms. The summed E-state index contributed by atoms with van der Waals surface area (Å²) in [6.45, 7) is 0. The minimum atomic E-state index is -4.87. The number of ether oxygens (including phenoxy) is 2. The number of anilines is 1. The molecular formula is C18H13F4NO4. The van der Waals surface area contributed by atoms with Crippen LogP contribution in [0.25, 0.3) is 0 Å². The Morgan fingerprint density at radius 3 is 1.89 bits per heavy atom. The van der Waals surface area contributed by atoms with Crippen molar-refractivity contribution in [1.82, 2.24) is 0 Å². The molecular weight excluding hydrogens is 370 g/mol. The van der Waals surface area contributed by atoms with E-state index in [1.807, 2.05) is 12.2 Å².